The van der Waals surface area contributed by atoms with Gasteiger partial charge >= 0.3 is 6.18 Å². The van der Waals surface area contributed by atoms with E-state index < -0.39 is 37.6 Å². The van der Waals surface area contributed by atoms with E-state index in [9.17, 15) is 17.6 Å². The Kier molecular flexibility index (Phi) is 7.19. The van der Waals surface area contributed by atoms with E-state index >= 15 is 0 Å². The van der Waals surface area contributed by atoms with Gasteiger partial charge in [-0.2, -0.15) is 18.3 Å². The van der Waals surface area contributed by atoms with Gasteiger partial charge < -0.3 is 8.95 Å². The lowest BCUT2D eigenvalue weighted by Gasteiger charge is -2.52. The first-order valence-corrected chi connectivity index (χ1v) is 16.4. The lowest BCUT2D eigenvalue weighted by molar-refractivity contribution is -0.148. The summed E-state index contributed by atoms with van der Waals surface area (Å²) in [4.78, 5) is 8.27. The molecule has 5 rings (SSSR count). The van der Waals surface area contributed by atoms with Crippen LogP contribution < -0.4 is 0 Å². The molecule has 4 aromatic rings. The molecule has 7 nitrogen and oxygen atoms in total. The Morgan fingerprint density at radius 3 is 2.39 bits per heavy atom. The van der Waals surface area contributed by atoms with E-state index in [2.05, 4.69) is 54.1 Å². The zero-order valence-corrected chi connectivity index (χ0v) is 25.2. The second-order valence-electron chi connectivity index (χ2n) is 12.1. The summed E-state index contributed by atoms with van der Waals surface area (Å²) in [7, 11) is -2.15. The number of nitrogens with zero attached hydrogens (tertiary/aromatic N) is 5. The molecule has 0 bridgehead atoms. The highest BCUT2D eigenvalue weighted by Gasteiger charge is 2.52. The first-order chi connectivity index (χ1) is 19.0. The maximum atomic E-state index is 14.9. The van der Waals surface area contributed by atoms with E-state index in [1.165, 1.54) is 36.8 Å². The number of alkyl halides is 3. The Balaban J connectivity index is 1.60. The molecule has 0 N–H and O–H groups in total. The van der Waals surface area contributed by atoms with Gasteiger partial charge in [-0.25, -0.2) is 4.39 Å². The van der Waals surface area contributed by atoms with Crippen molar-refractivity contribution in [3.63, 3.8) is 0 Å². The number of benzene rings is 1. The van der Waals surface area contributed by atoms with Gasteiger partial charge in [-0.3, -0.25) is 14.6 Å². The molecule has 0 unspecified atom stereocenters. The molecule has 3 aromatic heterocycles. The minimum atomic E-state index is -4.79. The van der Waals surface area contributed by atoms with Crippen LogP contribution in [0, 0.1) is 5.82 Å². The molecule has 13 heteroatoms. The van der Waals surface area contributed by atoms with Gasteiger partial charge in [-0.05, 0) is 50.0 Å². The Bertz CT molecular complexity index is 1550. The van der Waals surface area contributed by atoms with E-state index in [0.717, 1.165) is 10.9 Å². The van der Waals surface area contributed by atoms with E-state index in [4.69, 9.17) is 20.6 Å². The molecule has 3 heterocycles. The molecule has 1 aliphatic carbocycles. The van der Waals surface area contributed by atoms with Crippen LogP contribution in [0.25, 0.3) is 33.8 Å². The van der Waals surface area contributed by atoms with Gasteiger partial charge in [-0.15, -0.1) is 0 Å². The molecule has 0 aliphatic heterocycles. The number of halogens is 5. The fraction of sp³-hybridized carbons (Fsp3) is 0.429. The number of rotatable bonds is 6. The van der Waals surface area contributed by atoms with Crippen LogP contribution in [0.3, 0.4) is 0 Å². The lowest BCUT2D eigenvalue weighted by Crippen LogP contribution is -2.54. The van der Waals surface area contributed by atoms with Crippen molar-refractivity contribution >= 4 is 19.9 Å². The average molecular weight is 608 g/mol. The van der Waals surface area contributed by atoms with Crippen molar-refractivity contribution in [1.82, 2.24) is 24.9 Å². The normalized spacial score (nSPS) is 19.8. The molecule has 1 aliphatic rings. The van der Waals surface area contributed by atoms with Gasteiger partial charge in [-0.1, -0.05) is 43.6 Å². The van der Waals surface area contributed by atoms with Gasteiger partial charge in [0, 0.05) is 12.4 Å². The first-order valence-electron chi connectivity index (χ1n) is 13.1. The third kappa shape index (κ3) is 5.32. The van der Waals surface area contributed by atoms with Crippen molar-refractivity contribution in [3.8, 4) is 33.8 Å². The maximum Gasteiger partial charge on any atom is 0.433 e. The van der Waals surface area contributed by atoms with E-state index in [0.29, 0.717) is 12.8 Å². The van der Waals surface area contributed by atoms with Crippen LogP contribution in [0.5, 0.6) is 0 Å². The molecule has 0 atom stereocenters. The molecular weight excluding hydrogens is 578 g/mol. The van der Waals surface area contributed by atoms with Crippen LogP contribution >= 0.6 is 11.6 Å². The quantitative estimate of drug-likeness (QED) is 0.161. The summed E-state index contributed by atoms with van der Waals surface area (Å²) in [6.07, 6.45) is 1.15. The van der Waals surface area contributed by atoms with Crippen LogP contribution in [0.4, 0.5) is 17.6 Å². The summed E-state index contributed by atoms with van der Waals surface area (Å²) in [5.41, 5.74) is -1.96. The van der Waals surface area contributed by atoms with Crippen molar-refractivity contribution in [2.45, 2.75) is 76.5 Å². The summed E-state index contributed by atoms with van der Waals surface area (Å²) in [5.74, 6) is -0.984. The standard InChI is InChI=1S/C28H30ClF4N5O2Si/c1-26(2,3)41(5,6)40-27(4)12-16(13-27)38-25(28(31,32)33)17(14-36-38)24-22(20-15-34-10-11-35-20)23(37-39-24)21-18(29)8-7-9-19(21)30/h7-11,14-16H,12-13H2,1-6H3. The van der Waals surface area contributed by atoms with Gasteiger partial charge in [0.15, 0.2) is 19.8 Å². The van der Waals surface area contributed by atoms with E-state index in [-0.39, 0.29) is 43.9 Å². The van der Waals surface area contributed by atoms with Crippen LogP contribution in [-0.2, 0) is 10.6 Å². The maximum absolute atomic E-state index is 14.9. The highest BCUT2D eigenvalue weighted by atomic mass is 35.5. The van der Waals surface area contributed by atoms with Crippen molar-refractivity contribution in [2.75, 3.05) is 0 Å². The Hall–Kier alpha value is -3.09. The largest absolute Gasteiger partial charge is 0.433 e. The fourth-order valence-electron chi connectivity index (χ4n) is 5.08. The molecule has 1 aromatic carbocycles. The summed E-state index contributed by atoms with van der Waals surface area (Å²) in [6.45, 7) is 12.5. The Morgan fingerprint density at radius 2 is 1.80 bits per heavy atom. The molecule has 0 radical (unpaired) electrons. The van der Waals surface area contributed by atoms with Crippen LogP contribution in [-0.4, -0.2) is 38.8 Å². The second-order valence-corrected chi connectivity index (χ2v) is 17.3. The third-order valence-electron chi connectivity index (χ3n) is 8.01. The minimum Gasteiger partial charge on any atom is -0.411 e. The highest BCUT2D eigenvalue weighted by molar-refractivity contribution is 6.74. The van der Waals surface area contributed by atoms with Crippen LogP contribution in [0.15, 0.2) is 47.5 Å². The molecule has 41 heavy (non-hydrogen) atoms. The smallest absolute Gasteiger partial charge is 0.411 e. The molecule has 1 saturated carbocycles. The molecular formula is C28H30ClF4N5O2Si. The predicted molar refractivity (Wildman–Crippen MR) is 149 cm³/mol. The Morgan fingerprint density at radius 1 is 1.10 bits per heavy atom. The van der Waals surface area contributed by atoms with Crippen LogP contribution in [0.2, 0.25) is 23.2 Å². The van der Waals surface area contributed by atoms with Gasteiger partial charge in [0.2, 0.25) is 0 Å². The molecule has 0 saturated heterocycles. The molecule has 0 spiro atoms. The third-order valence-corrected chi connectivity index (χ3v) is 12.9. The number of hydrogen-bond acceptors (Lipinski definition) is 6. The Labute approximate surface area is 241 Å². The van der Waals surface area contributed by atoms with Gasteiger partial charge in [0.25, 0.3) is 0 Å². The van der Waals surface area contributed by atoms with Crippen LogP contribution in [0.1, 0.15) is 52.3 Å². The minimum absolute atomic E-state index is 0.0113. The van der Waals surface area contributed by atoms with Gasteiger partial charge in [0.05, 0.1) is 51.4 Å². The summed E-state index contributed by atoms with van der Waals surface area (Å²) in [5, 5.41) is 8.11. The zero-order chi connectivity index (χ0) is 30.0. The highest BCUT2D eigenvalue weighted by Crippen LogP contribution is 2.52. The summed E-state index contributed by atoms with van der Waals surface area (Å²) < 4.78 is 72.1. The fourth-order valence-corrected chi connectivity index (χ4v) is 7.04. The summed E-state index contributed by atoms with van der Waals surface area (Å²) >= 11 is 6.29. The lowest BCUT2D eigenvalue weighted by atomic mass is 9.77. The van der Waals surface area contributed by atoms with E-state index in [1.807, 2.05) is 6.92 Å². The van der Waals surface area contributed by atoms with Crippen molar-refractivity contribution in [2.24, 2.45) is 0 Å². The summed E-state index contributed by atoms with van der Waals surface area (Å²) in [6, 6.07) is 3.50. The predicted octanol–water partition coefficient (Wildman–Crippen LogP) is 8.59. The van der Waals surface area contributed by atoms with Gasteiger partial charge in [0.1, 0.15) is 11.5 Å². The second kappa shape index (κ2) is 10.0. The monoisotopic (exact) mass is 607 g/mol. The number of hydrogen-bond donors (Lipinski definition) is 0. The molecule has 218 valence electrons. The van der Waals surface area contributed by atoms with Crippen molar-refractivity contribution < 1.29 is 26.5 Å². The first kappa shape index (κ1) is 29.4. The molecule has 0 amide bonds. The number of aromatic nitrogens is 5. The van der Waals surface area contributed by atoms with Crippen molar-refractivity contribution in [1.29, 1.82) is 0 Å². The molecule has 1 fully saturated rings. The van der Waals surface area contributed by atoms with Crippen molar-refractivity contribution in [3.05, 3.63) is 59.5 Å². The SMILES string of the molecule is CC1(O[Si](C)(C)C(C)(C)C)CC(n2ncc(-c3onc(-c4c(F)cccc4Cl)c3-c3cnccn3)c2C(F)(F)F)C1. The van der Waals surface area contributed by atoms with E-state index in [1.54, 1.807) is 0 Å². The zero-order valence-electron chi connectivity index (χ0n) is 23.5. The topological polar surface area (TPSA) is 78.9 Å². The average Bonchev–Trinajstić information content (AvgIpc) is 3.46.